The molecule has 182 valence electrons. The molecule has 0 spiro atoms. The van der Waals surface area contributed by atoms with E-state index in [1.807, 2.05) is 18.2 Å². The van der Waals surface area contributed by atoms with E-state index in [0.717, 1.165) is 62.5 Å². The van der Waals surface area contributed by atoms with Gasteiger partial charge in [0, 0.05) is 55.6 Å². The first kappa shape index (κ1) is 22.2. The number of carbonyl (C=O) groups is 1. The lowest BCUT2D eigenvalue weighted by atomic mass is 10.1. The highest BCUT2D eigenvalue weighted by Gasteiger charge is 2.19. The predicted octanol–water partition coefficient (Wildman–Crippen LogP) is 3.12. The van der Waals surface area contributed by atoms with Gasteiger partial charge in [-0.2, -0.15) is 4.98 Å². The topological polar surface area (TPSA) is 112 Å². The average molecular weight is 483 g/mol. The molecule has 9 heteroatoms. The summed E-state index contributed by atoms with van der Waals surface area (Å²) in [6.45, 7) is 3.89. The maximum absolute atomic E-state index is 12.9. The van der Waals surface area contributed by atoms with Gasteiger partial charge >= 0.3 is 5.97 Å². The van der Waals surface area contributed by atoms with Gasteiger partial charge in [0.15, 0.2) is 5.65 Å². The minimum Gasteiger partial charge on any atom is -0.477 e. The smallest absolute Gasteiger partial charge is 0.341 e. The lowest BCUT2D eigenvalue weighted by molar-refractivity contribution is 0.0695. The first-order valence-corrected chi connectivity index (χ1v) is 12.2. The normalized spacial score (nSPS) is 15.2. The summed E-state index contributed by atoms with van der Waals surface area (Å²) in [7, 11) is 0. The molecule has 0 amide bonds. The number of nitrogens with one attached hydrogen (secondary N) is 2. The fourth-order valence-electron chi connectivity index (χ4n) is 5.04. The average Bonchev–Trinajstić information content (AvgIpc) is 3.38. The zero-order valence-electron chi connectivity index (χ0n) is 19.7. The number of aromatic nitrogens is 3. The number of benzene rings is 2. The van der Waals surface area contributed by atoms with E-state index in [1.54, 1.807) is 4.57 Å². The summed E-state index contributed by atoms with van der Waals surface area (Å²) in [5, 5.41) is 16.4. The van der Waals surface area contributed by atoms with Gasteiger partial charge in [-0.15, -0.1) is 0 Å². The number of fused-ring (bicyclic) bond motifs is 2. The second-order valence-corrected chi connectivity index (χ2v) is 9.19. The molecule has 3 N–H and O–H groups in total. The molecule has 0 saturated carbocycles. The van der Waals surface area contributed by atoms with Crippen LogP contribution in [0.1, 0.15) is 27.9 Å². The molecule has 2 aliphatic rings. The Morgan fingerprint density at radius 2 is 1.75 bits per heavy atom. The number of aromatic carboxylic acids is 1. The number of hydrogen-bond donors (Lipinski definition) is 3. The molecule has 4 aromatic rings. The summed E-state index contributed by atoms with van der Waals surface area (Å²) < 4.78 is 1.68. The Morgan fingerprint density at radius 3 is 2.53 bits per heavy atom. The van der Waals surface area contributed by atoms with Crippen molar-refractivity contribution >= 4 is 34.3 Å². The molecule has 2 aromatic carbocycles. The van der Waals surface area contributed by atoms with Crippen LogP contribution in [0, 0.1) is 0 Å². The van der Waals surface area contributed by atoms with Crippen LogP contribution in [0.15, 0.2) is 59.7 Å². The standard InChI is InChI=1S/C27H26N6O3/c34-24-22-15-29-27(30-19-5-8-20(9-6-19)32-12-10-28-11-13-32)31-25(22)33(16-23(24)26(35)36)21-7-4-17-2-1-3-18(17)14-21/h4-9,14-16,28H,1-3,10-13H2,(H,35,36)(H,29,30,31). The summed E-state index contributed by atoms with van der Waals surface area (Å²) in [4.78, 5) is 36.0. The molecule has 3 heterocycles. The van der Waals surface area contributed by atoms with Crippen molar-refractivity contribution in [1.29, 1.82) is 0 Å². The van der Waals surface area contributed by atoms with Crippen molar-refractivity contribution in [3.8, 4) is 5.69 Å². The van der Waals surface area contributed by atoms with Gasteiger partial charge in [0.2, 0.25) is 11.4 Å². The highest BCUT2D eigenvalue weighted by atomic mass is 16.4. The Morgan fingerprint density at radius 1 is 1.00 bits per heavy atom. The summed E-state index contributed by atoms with van der Waals surface area (Å²) in [6, 6.07) is 14.2. The Hall–Kier alpha value is -4.24. The first-order valence-electron chi connectivity index (χ1n) is 12.2. The Bertz CT molecular complexity index is 1520. The lowest BCUT2D eigenvalue weighted by Crippen LogP contribution is -2.43. The fourth-order valence-corrected chi connectivity index (χ4v) is 5.04. The van der Waals surface area contributed by atoms with Crippen molar-refractivity contribution in [2.75, 3.05) is 36.4 Å². The van der Waals surface area contributed by atoms with Gasteiger partial charge in [-0.05, 0) is 66.8 Å². The molecule has 0 radical (unpaired) electrons. The molecule has 1 aliphatic heterocycles. The maximum atomic E-state index is 12.9. The van der Waals surface area contributed by atoms with Gasteiger partial charge in [0.05, 0.1) is 5.39 Å². The van der Waals surface area contributed by atoms with E-state index in [0.29, 0.717) is 11.6 Å². The van der Waals surface area contributed by atoms with Gasteiger partial charge in [0.1, 0.15) is 5.56 Å². The van der Waals surface area contributed by atoms with Gasteiger partial charge in [-0.3, -0.25) is 4.79 Å². The van der Waals surface area contributed by atoms with Gasteiger partial charge in [0.25, 0.3) is 0 Å². The van der Waals surface area contributed by atoms with Crippen molar-refractivity contribution in [2.45, 2.75) is 19.3 Å². The summed E-state index contributed by atoms with van der Waals surface area (Å²) in [5.74, 6) is -0.946. The van der Waals surface area contributed by atoms with Crippen LogP contribution in [-0.4, -0.2) is 51.8 Å². The minimum absolute atomic E-state index is 0.162. The summed E-state index contributed by atoms with van der Waals surface area (Å²) in [5.41, 5.74) is 4.76. The zero-order chi connectivity index (χ0) is 24.6. The van der Waals surface area contributed by atoms with E-state index in [2.05, 4.69) is 49.8 Å². The highest BCUT2D eigenvalue weighted by Crippen LogP contribution is 2.26. The van der Waals surface area contributed by atoms with E-state index >= 15 is 0 Å². The molecule has 0 atom stereocenters. The number of anilines is 3. The zero-order valence-corrected chi connectivity index (χ0v) is 19.7. The van der Waals surface area contributed by atoms with Crippen molar-refractivity contribution < 1.29 is 9.90 Å². The fraction of sp³-hybridized carbons (Fsp3) is 0.259. The minimum atomic E-state index is -1.27. The number of aryl methyl sites for hydroxylation is 2. The van der Waals surface area contributed by atoms with Crippen LogP contribution >= 0.6 is 0 Å². The third-order valence-corrected chi connectivity index (χ3v) is 6.94. The third-order valence-electron chi connectivity index (χ3n) is 6.94. The molecule has 0 unspecified atom stereocenters. The second kappa shape index (κ2) is 9.09. The molecular formula is C27H26N6O3. The molecule has 1 fully saturated rings. The molecule has 2 aromatic heterocycles. The number of nitrogens with zero attached hydrogens (tertiary/aromatic N) is 4. The van der Waals surface area contributed by atoms with Gasteiger partial charge in [-0.25, -0.2) is 9.78 Å². The van der Waals surface area contributed by atoms with E-state index in [9.17, 15) is 14.7 Å². The van der Waals surface area contributed by atoms with Crippen LogP contribution < -0.4 is 21.0 Å². The number of rotatable bonds is 5. The molecule has 0 bridgehead atoms. The number of piperazine rings is 1. The Labute approximate surface area is 207 Å². The van der Waals surface area contributed by atoms with E-state index in [4.69, 9.17) is 0 Å². The van der Waals surface area contributed by atoms with E-state index < -0.39 is 11.4 Å². The van der Waals surface area contributed by atoms with E-state index in [1.165, 1.54) is 23.5 Å². The molecule has 6 rings (SSSR count). The summed E-state index contributed by atoms with van der Waals surface area (Å²) in [6.07, 6.45) is 5.90. The van der Waals surface area contributed by atoms with Crippen LogP contribution in [0.5, 0.6) is 0 Å². The monoisotopic (exact) mass is 482 g/mol. The van der Waals surface area contributed by atoms with Crippen molar-refractivity contribution in [2.24, 2.45) is 0 Å². The quantitative estimate of drug-likeness (QED) is 0.398. The number of pyridine rings is 1. The maximum Gasteiger partial charge on any atom is 0.341 e. The molecule has 9 nitrogen and oxygen atoms in total. The van der Waals surface area contributed by atoms with Crippen LogP contribution in [-0.2, 0) is 12.8 Å². The molecular weight excluding hydrogens is 456 g/mol. The Balaban J connectivity index is 1.38. The number of carboxylic acid groups (broad SMARTS) is 1. The largest absolute Gasteiger partial charge is 0.477 e. The highest BCUT2D eigenvalue weighted by molar-refractivity contribution is 5.92. The lowest BCUT2D eigenvalue weighted by Gasteiger charge is -2.29. The van der Waals surface area contributed by atoms with Crippen LogP contribution in [0.4, 0.5) is 17.3 Å². The van der Waals surface area contributed by atoms with Crippen molar-refractivity contribution in [3.63, 3.8) is 0 Å². The summed E-state index contributed by atoms with van der Waals surface area (Å²) >= 11 is 0. The SMILES string of the molecule is O=C(O)c1cn(-c2ccc3c(c2)CCC3)c2nc(Nc3ccc(N4CCNCC4)cc3)ncc2c1=O. The number of carboxylic acids is 1. The van der Waals surface area contributed by atoms with Crippen molar-refractivity contribution in [3.05, 3.63) is 81.8 Å². The molecule has 1 saturated heterocycles. The van der Waals surface area contributed by atoms with Crippen molar-refractivity contribution in [1.82, 2.24) is 19.9 Å². The van der Waals surface area contributed by atoms with E-state index in [-0.39, 0.29) is 10.9 Å². The van der Waals surface area contributed by atoms with Crippen LogP contribution in [0.25, 0.3) is 16.7 Å². The van der Waals surface area contributed by atoms with Gasteiger partial charge < -0.3 is 25.2 Å². The van der Waals surface area contributed by atoms with Crippen LogP contribution in [0.3, 0.4) is 0 Å². The first-order chi connectivity index (χ1) is 17.6. The Kier molecular flexibility index (Phi) is 5.61. The van der Waals surface area contributed by atoms with Gasteiger partial charge in [-0.1, -0.05) is 6.07 Å². The number of hydrogen-bond acceptors (Lipinski definition) is 7. The molecule has 36 heavy (non-hydrogen) atoms. The third kappa shape index (κ3) is 4.07. The second-order valence-electron chi connectivity index (χ2n) is 9.19. The van der Waals surface area contributed by atoms with Crippen LogP contribution in [0.2, 0.25) is 0 Å². The molecule has 1 aliphatic carbocycles. The predicted molar refractivity (Wildman–Crippen MR) is 139 cm³/mol.